The second-order valence-corrected chi connectivity index (χ2v) is 6.30. The molecule has 5 heteroatoms. The number of ether oxygens (including phenoxy) is 1. The number of anilines is 1. The van der Waals surface area contributed by atoms with E-state index in [0.29, 0.717) is 11.6 Å². The van der Waals surface area contributed by atoms with Gasteiger partial charge in [0.25, 0.3) is 0 Å². The lowest BCUT2D eigenvalue weighted by Crippen LogP contribution is -2.24. The van der Waals surface area contributed by atoms with Crippen LogP contribution in [0, 0.1) is 0 Å². The summed E-state index contributed by atoms with van der Waals surface area (Å²) in [4.78, 5) is 2.15. The van der Waals surface area contributed by atoms with Crippen molar-refractivity contribution in [3.63, 3.8) is 0 Å². The summed E-state index contributed by atoms with van der Waals surface area (Å²) in [6.07, 6.45) is 9.55. The Kier molecular flexibility index (Phi) is 5.70. The number of rotatable bonds is 6. The fraction of sp³-hybridized carbons (Fsp3) is 0.368. The van der Waals surface area contributed by atoms with Crippen LogP contribution in [0.5, 0.6) is 5.75 Å². The van der Waals surface area contributed by atoms with Gasteiger partial charge in [0.2, 0.25) is 0 Å². The van der Waals surface area contributed by atoms with Crippen LogP contribution >= 0.6 is 11.6 Å². The van der Waals surface area contributed by atoms with E-state index in [1.807, 2.05) is 30.3 Å². The second kappa shape index (κ2) is 8.15. The molecule has 3 rings (SSSR count). The Morgan fingerprint density at radius 1 is 1.33 bits per heavy atom. The van der Waals surface area contributed by atoms with Crippen LogP contribution in [0.2, 0.25) is 5.02 Å². The van der Waals surface area contributed by atoms with Crippen molar-refractivity contribution in [3.05, 3.63) is 59.3 Å². The molecule has 4 nitrogen and oxygen atoms in total. The van der Waals surface area contributed by atoms with Gasteiger partial charge in [0, 0.05) is 29.9 Å². The van der Waals surface area contributed by atoms with Crippen LogP contribution in [0.4, 0.5) is 5.82 Å². The topological polar surface area (TPSA) is 38.2 Å². The Morgan fingerprint density at radius 3 is 2.96 bits per heavy atom. The molecule has 0 amide bonds. The van der Waals surface area contributed by atoms with E-state index in [1.165, 1.54) is 6.42 Å². The summed E-state index contributed by atoms with van der Waals surface area (Å²) in [6, 6.07) is 9.68. The SMILES string of the molecule is CCN(Cc1cc(Cl)ccc1OC1C=CCCC1)c1cccnn1. The van der Waals surface area contributed by atoms with Crippen molar-refractivity contribution in [2.45, 2.75) is 38.8 Å². The summed E-state index contributed by atoms with van der Waals surface area (Å²) in [7, 11) is 0. The van der Waals surface area contributed by atoms with Gasteiger partial charge in [-0.3, -0.25) is 0 Å². The van der Waals surface area contributed by atoms with Gasteiger partial charge in [-0.15, -0.1) is 5.10 Å². The average Bonchev–Trinajstić information content (AvgIpc) is 2.63. The molecule has 0 fully saturated rings. The molecule has 1 aliphatic carbocycles. The number of aromatic nitrogens is 2. The maximum Gasteiger partial charge on any atom is 0.151 e. The number of benzene rings is 1. The van der Waals surface area contributed by atoms with Crippen molar-refractivity contribution in [1.29, 1.82) is 0 Å². The zero-order valence-electron chi connectivity index (χ0n) is 13.9. The van der Waals surface area contributed by atoms with Gasteiger partial charge in [-0.2, -0.15) is 5.10 Å². The molecule has 1 unspecified atom stereocenters. The van der Waals surface area contributed by atoms with E-state index in [4.69, 9.17) is 16.3 Å². The third kappa shape index (κ3) is 4.26. The van der Waals surface area contributed by atoms with Gasteiger partial charge in [0.15, 0.2) is 5.82 Å². The van der Waals surface area contributed by atoms with Crippen LogP contribution in [0.15, 0.2) is 48.7 Å². The molecule has 1 aromatic carbocycles. The first-order chi connectivity index (χ1) is 11.8. The summed E-state index contributed by atoms with van der Waals surface area (Å²) in [5.41, 5.74) is 1.06. The molecule has 0 spiro atoms. The van der Waals surface area contributed by atoms with Gasteiger partial charge in [0.1, 0.15) is 11.9 Å². The standard InChI is InChI=1S/C19H22ClN3O/c1-2-23(19-9-6-12-21-22-19)14-15-13-16(20)10-11-18(15)24-17-7-4-3-5-8-17/h4,6-7,9-13,17H,2-3,5,8,14H2,1H3. The summed E-state index contributed by atoms with van der Waals surface area (Å²) >= 11 is 6.22. The van der Waals surface area contributed by atoms with Crippen molar-refractivity contribution in [2.24, 2.45) is 0 Å². The fourth-order valence-electron chi connectivity index (χ4n) is 2.85. The minimum Gasteiger partial charge on any atom is -0.486 e. The fourth-order valence-corrected chi connectivity index (χ4v) is 3.05. The number of allylic oxidation sites excluding steroid dienone is 1. The van der Waals surface area contributed by atoms with Crippen LogP contribution in [-0.4, -0.2) is 22.8 Å². The Labute approximate surface area is 148 Å². The largest absolute Gasteiger partial charge is 0.486 e. The normalized spacial score (nSPS) is 16.8. The van der Waals surface area contributed by atoms with E-state index >= 15 is 0 Å². The van der Waals surface area contributed by atoms with E-state index in [2.05, 4.69) is 34.2 Å². The molecule has 24 heavy (non-hydrogen) atoms. The molecule has 0 bridgehead atoms. The molecule has 0 saturated heterocycles. The molecular formula is C19H22ClN3O. The lowest BCUT2D eigenvalue weighted by Gasteiger charge is -2.25. The zero-order valence-corrected chi connectivity index (χ0v) is 14.6. The molecule has 1 aliphatic rings. The molecule has 0 aliphatic heterocycles. The molecule has 0 N–H and O–H groups in total. The van der Waals surface area contributed by atoms with Crippen molar-refractivity contribution in [3.8, 4) is 5.75 Å². The van der Waals surface area contributed by atoms with Crippen molar-refractivity contribution < 1.29 is 4.74 Å². The first-order valence-corrected chi connectivity index (χ1v) is 8.78. The molecule has 0 radical (unpaired) electrons. The molecule has 126 valence electrons. The van der Waals surface area contributed by atoms with Gasteiger partial charge >= 0.3 is 0 Å². The van der Waals surface area contributed by atoms with E-state index in [-0.39, 0.29) is 6.10 Å². The number of hydrogen-bond donors (Lipinski definition) is 0. The maximum atomic E-state index is 6.22. The average molecular weight is 344 g/mol. The summed E-state index contributed by atoms with van der Waals surface area (Å²) in [5, 5.41) is 8.89. The molecule has 0 saturated carbocycles. The minimum atomic E-state index is 0.144. The van der Waals surface area contributed by atoms with Crippen LogP contribution in [-0.2, 0) is 6.54 Å². The highest BCUT2D eigenvalue weighted by Crippen LogP contribution is 2.28. The van der Waals surface area contributed by atoms with Gasteiger partial charge in [-0.05, 0) is 62.6 Å². The lowest BCUT2D eigenvalue weighted by atomic mass is 10.1. The van der Waals surface area contributed by atoms with Crippen LogP contribution in [0.1, 0.15) is 31.7 Å². The highest BCUT2D eigenvalue weighted by atomic mass is 35.5. The van der Waals surface area contributed by atoms with Crippen LogP contribution < -0.4 is 9.64 Å². The smallest absolute Gasteiger partial charge is 0.151 e. The number of hydrogen-bond acceptors (Lipinski definition) is 4. The van der Waals surface area contributed by atoms with Crippen molar-refractivity contribution in [2.75, 3.05) is 11.4 Å². The van der Waals surface area contributed by atoms with E-state index in [0.717, 1.165) is 36.5 Å². The Morgan fingerprint density at radius 2 is 2.25 bits per heavy atom. The predicted octanol–water partition coefficient (Wildman–Crippen LogP) is 4.64. The quantitative estimate of drug-likeness (QED) is 0.716. The van der Waals surface area contributed by atoms with Gasteiger partial charge in [-0.1, -0.05) is 17.7 Å². The summed E-state index contributed by atoms with van der Waals surface area (Å²) < 4.78 is 6.21. The Hall–Kier alpha value is -2.07. The lowest BCUT2D eigenvalue weighted by molar-refractivity contribution is 0.227. The van der Waals surface area contributed by atoms with Crippen molar-refractivity contribution >= 4 is 17.4 Å². The van der Waals surface area contributed by atoms with E-state index in [1.54, 1.807) is 6.20 Å². The first-order valence-electron chi connectivity index (χ1n) is 8.40. The summed E-state index contributed by atoms with van der Waals surface area (Å²) in [5.74, 6) is 1.74. The van der Waals surface area contributed by atoms with Crippen LogP contribution in [0.3, 0.4) is 0 Å². The molecule has 1 aromatic heterocycles. The Bertz CT molecular complexity index is 690. The third-order valence-electron chi connectivity index (χ3n) is 4.14. The molecule has 1 atom stereocenters. The second-order valence-electron chi connectivity index (χ2n) is 5.86. The highest BCUT2D eigenvalue weighted by Gasteiger charge is 2.15. The van der Waals surface area contributed by atoms with E-state index < -0.39 is 0 Å². The molecule has 2 aromatic rings. The van der Waals surface area contributed by atoms with Crippen LogP contribution in [0.25, 0.3) is 0 Å². The minimum absolute atomic E-state index is 0.144. The van der Waals surface area contributed by atoms with Gasteiger partial charge < -0.3 is 9.64 Å². The first kappa shape index (κ1) is 16.8. The highest BCUT2D eigenvalue weighted by molar-refractivity contribution is 6.30. The van der Waals surface area contributed by atoms with Gasteiger partial charge in [-0.25, -0.2) is 0 Å². The maximum absolute atomic E-state index is 6.22. The summed E-state index contributed by atoms with van der Waals surface area (Å²) in [6.45, 7) is 3.61. The Balaban J connectivity index is 1.81. The molecule has 1 heterocycles. The third-order valence-corrected chi connectivity index (χ3v) is 4.37. The number of nitrogens with zero attached hydrogens (tertiary/aromatic N) is 3. The monoisotopic (exact) mass is 343 g/mol. The zero-order chi connectivity index (χ0) is 16.8. The van der Waals surface area contributed by atoms with Crippen molar-refractivity contribution in [1.82, 2.24) is 10.2 Å². The molecular weight excluding hydrogens is 322 g/mol. The number of halogens is 1. The van der Waals surface area contributed by atoms with E-state index in [9.17, 15) is 0 Å². The predicted molar refractivity (Wildman–Crippen MR) is 97.6 cm³/mol. The van der Waals surface area contributed by atoms with Gasteiger partial charge in [0.05, 0.1) is 0 Å².